The van der Waals surface area contributed by atoms with Crippen LogP contribution in [-0.4, -0.2) is 52.3 Å². The maximum atomic E-state index is 11.8. The molecule has 0 fully saturated rings. The average molecular weight is 266 g/mol. The van der Waals surface area contributed by atoms with Crippen LogP contribution in [-0.2, 0) is 9.53 Å². The first-order chi connectivity index (χ1) is 9.08. The molecule has 1 rings (SSSR count). The number of methoxy groups -OCH3 is 2. The molecule has 0 heterocycles. The van der Waals surface area contributed by atoms with Gasteiger partial charge in [0, 0.05) is 13.1 Å². The Labute approximate surface area is 114 Å². The van der Waals surface area contributed by atoms with Crippen molar-refractivity contribution < 1.29 is 14.3 Å². The Hall–Kier alpha value is -1.59. The smallest absolute Gasteiger partial charge is 0.327 e. The molecule has 1 N–H and O–H groups in total. The molecule has 0 spiro atoms. The number of nitrogens with zero attached hydrogens (tertiary/aromatic N) is 1. The lowest BCUT2D eigenvalue weighted by Gasteiger charge is -2.19. The van der Waals surface area contributed by atoms with E-state index in [-0.39, 0.29) is 5.97 Å². The summed E-state index contributed by atoms with van der Waals surface area (Å²) < 4.78 is 10.0. The molecule has 0 aliphatic heterocycles. The summed E-state index contributed by atoms with van der Waals surface area (Å²) in [5.41, 5.74) is 0.838. The third-order valence-electron chi connectivity index (χ3n) is 2.77. The molecule has 1 aromatic carbocycles. The minimum atomic E-state index is -0.472. The number of likely N-dealkylation sites (N-methyl/N-ethyl adjacent to an activating group) is 1. The van der Waals surface area contributed by atoms with Gasteiger partial charge in [-0.2, -0.15) is 0 Å². The summed E-state index contributed by atoms with van der Waals surface area (Å²) in [4.78, 5) is 13.9. The molecule has 5 heteroatoms. The number of ether oxygens (including phenoxy) is 2. The maximum absolute atomic E-state index is 11.8. The van der Waals surface area contributed by atoms with Crippen molar-refractivity contribution in [3.8, 4) is 5.75 Å². The molecule has 0 aliphatic carbocycles. The molecule has 106 valence electrons. The van der Waals surface area contributed by atoms with Gasteiger partial charge in [-0.05, 0) is 31.8 Å². The molecule has 1 unspecified atom stereocenters. The highest BCUT2D eigenvalue weighted by Crippen LogP contribution is 2.20. The van der Waals surface area contributed by atoms with Crippen molar-refractivity contribution in [1.82, 2.24) is 10.2 Å². The van der Waals surface area contributed by atoms with Crippen molar-refractivity contribution in [2.75, 3.05) is 41.4 Å². The van der Waals surface area contributed by atoms with Crippen LogP contribution in [0.25, 0.3) is 0 Å². The first-order valence-electron chi connectivity index (χ1n) is 6.18. The number of benzene rings is 1. The second-order valence-corrected chi connectivity index (χ2v) is 4.49. The number of rotatable bonds is 7. The molecule has 19 heavy (non-hydrogen) atoms. The molecule has 0 aromatic heterocycles. The highest BCUT2D eigenvalue weighted by atomic mass is 16.5. The second-order valence-electron chi connectivity index (χ2n) is 4.49. The van der Waals surface area contributed by atoms with Crippen LogP contribution in [0.1, 0.15) is 11.6 Å². The van der Waals surface area contributed by atoms with Crippen LogP contribution < -0.4 is 10.1 Å². The third kappa shape index (κ3) is 4.89. The summed E-state index contributed by atoms with van der Waals surface area (Å²) in [7, 11) is 6.97. The van der Waals surface area contributed by atoms with Gasteiger partial charge in [-0.3, -0.25) is 5.32 Å². The number of nitrogens with one attached hydrogen (secondary N) is 1. The van der Waals surface area contributed by atoms with Gasteiger partial charge < -0.3 is 14.4 Å². The van der Waals surface area contributed by atoms with Gasteiger partial charge in [-0.1, -0.05) is 12.1 Å². The number of carbonyl (C=O) groups is 1. The van der Waals surface area contributed by atoms with E-state index in [1.54, 1.807) is 7.11 Å². The highest BCUT2D eigenvalue weighted by Gasteiger charge is 2.21. The Kier molecular flexibility index (Phi) is 6.32. The van der Waals surface area contributed by atoms with Crippen LogP contribution in [0.3, 0.4) is 0 Å². The van der Waals surface area contributed by atoms with Crippen LogP contribution in [0.4, 0.5) is 0 Å². The maximum Gasteiger partial charge on any atom is 0.327 e. The number of hydrogen-bond donors (Lipinski definition) is 1. The predicted molar refractivity (Wildman–Crippen MR) is 74.3 cm³/mol. The van der Waals surface area contributed by atoms with Crippen LogP contribution in [0.15, 0.2) is 24.3 Å². The Balaban J connectivity index is 2.80. The normalized spacial score (nSPS) is 12.3. The summed E-state index contributed by atoms with van der Waals surface area (Å²) >= 11 is 0. The van der Waals surface area contributed by atoms with Gasteiger partial charge in [0.2, 0.25) is 0 Å². The molecule has 0 saturated carbocycles. The summed E-state index contributed by atoms with van der Waals surface area (Å²) in [5, 5.41) is 3.20. The largest absolute Gasteiger partial charge is 0.497 e. The van der Waals surface area contributed by atoms with Gasteiger partial charge in [0.05, 0.1) is 14.2 Å². The number of carbonyl (C=O) groups excluding carboxylic acids is 1. The first kappa shape index (κ1) is 15.5. The molecule has 0 amide bonds. The van der Waals surface area contributed by atoms with E-state index in [9.17, 15) is 4.79 Å². The summed E-state index contributed by atoms with van der Waals surface area (Å²) in [6.45, 7) is 1.54. The van der Waals surface area contributed by atoms with Gasteiger partial charge in [0.25, 0.3) is 0 Å². The van der Waals surface area contributed by atoms with E-state index in [4.69, 9.17) is 9.47 Å². The quantitative estimate of drug-likeness (QED) is 0.748. The topological polar surface area (TPSA) is 50.8 Å². The van der Waals surface area contributed by atoms with Crippen LogP contribution in [0.5, 0.6) is 5.75 Å². The summed E-state index contributed by atoms with van der Waals surface area (Å²) in [6, 6.07) is 6.95. The monoisotopic (exact) mass is 266 g/mol. The molecule has 0 bridgehead atoms. The van der Waals surface area contributed by atoms with Crippen molar-refractivity contribution in [3.05, 3.63) is 29.8 Å². The van der Waals surface area contributed by atoms with Gasteiger partial charge in [0.1, 0.15) is 11.8 Å². The van der Waals surface area contributed by atoms with Gasteiger partial charge in [-0.15, -0.1) is 0 Å². The Bertz CT molecular complexity index is 407. The minimum absolute atomic E-state index is 0.299. The van der Waals surface area contributed by atoms with Crippen LogP contribution in [0.2, 0.25) is 0 Å². The summed E-state index contributed by atoms with van der Waals surface area (Å²) in [5.74, 6) is 0.424. The predicted octanol–water partition coefficient (Wildman–Crippen LogP) is 1.06. The van der Waals surface area contributed by atoms with E-state index >= 15 is 0 Å². The third-order valence-corrected chi connectivity index (χ3v) is 2.77. The van der Waals surface area contributed by atoms with Gasteiger partial charge in [0.15, 0.2) is 0 Å². The van der Waals surface area contributed by atoms with Gasteiger partial charge >= 0.3 is 5.97 Å². The summed E-state index contributed by atoms with van der Waals surface area (Å²) in [6.07, 6.45) is 0. The van der Waals surface area contributed by atoms with E-state index < -0.39 is 6.04 Å². The number of hydrogen-bond acceptors (Lipinski definition) is 5. The molecule has 0 saturated heterocycles. The average Bonchev–Trinajstić information content (AvgIpc) is 2.42. The second kappa shape index (κ2) is 7.76. The zero-order valence-electron chi connectivity index (χ0n) is 12.0. The molecular formula is C14H22N2O3. The Morgan fingerprint density at radius 2 is 2.11 bits per heavy atom. The lowest BCUT2D eigenvalue weighted by molar-refractivity contribution is -0.143. The molecule has 0 radical (unpaired) electrons. The first-order valence-corrected chi connectivity index (χ1v) is 6.18. The standard InChI is InChI=1S/C14H22N2O3/c1-16(2)9-8-15-13(14(17)19-4)11-6-5-7-12(10-11)18-3/h5-7,10,13,15H,8-9H2,1-4H3. The molecule has 1 atom stereocenters. The number of esters is 1. The van der Waals surface area contributed by atoms with E-state index in [1.165, 1.54) is 7.11 Å². The fourth-order valence-electron chi connectivity index (χ4n) is 1.71. The lowest BCUT2D eigenvalue weighted by Crippen LogP contribution is -2.34. The SMILES string of the molecule is COC(=O)C(NCCN(C)C)c1cccc(OC)c1. The van der Waals surface area contributed by atoms with Crippen LogP contribution in [0, 0.1) is 0 Å². The van der Waals surface area contributed by atoms with Crippen molar-refractivity contribution >= 4 is 5.97 Å². The van der Waals surface area contributed by atoms with E-state index in [2.05, 4.69) is 5.32 Å². The van der Waals surface area contributed by atoms with E-state index in [1.807, 2.05) is 43.3 Å². The van der Waals surface area contributed by atoms with Crippen molar-refractivity contribution in [2.24, 2.45) is 0 Å². The Morgan fingerprint density at radius 3 is 2.68 bits per heavy atom. The molecule has 1 aromatic rings. The highest BCUT2D eigenvalue weighted by molar-refractivity contribution is 5.77. The van der Waals surface area contributed by atoms with Crippen molar-refractivity contribution in [2.45, 2.75) is 6.04 Å². The zero-order chi connectivity index (χ0) is 14.3. The Morgan fingerprint density at radius 1 is 1.37 bits per heavy atom. The van der Waals surface area contributed by atoms with Gasteiger partial charge in [-0.25, -0.2) is 4.79 Å². The van der Waals surface area contributed by atoms with Crippen molar-refractivity contribution in [1.29, 1.82) is 0 Å². The fourth-order valence-corrected chi connectivity index (χ4v) is 1.71. The van der Waals surface area contributed by atoms with E-state index in [0.717, 1.165) is 17.9 Å². The minimum Gasteiger partial charge on any atom is -0.497 e. The van der Waals surface area contributed by atoms with E-state index in [0.29, 0.717) is 6.54 Å². The fraction of sp³-hybridized carbons (Fsp3) is 0.500. The zero-order valence-corrected chi connectivity index (χ0v) is 12.0. The van der Waals surface area contributed by atoms with Crippen molar-refractivity contribution in [3.63, 3.8) is 0 Å². The molecule has 0 aliphatic rings. The molecular weight excluding hydrogens is 244 g/mol. The van der Waals surface area contributed by atoms with Crippen LogP contribution >= 0.6 is 0 Å². The lowest BCUT2D eigenvalue weighted by atomic mass is 10.1. The molecule has 5 nitrogen and oxygen atoms in total.